The van der Waals surface area contributed by atoms with Gasteiger partial charge in [-0.25, -0.2) is 12.6 Å². The van der Waals surface area contributed by atoms with E-state index in [9.17, 15) is 25.8 Å². The van der Waals surface area contributed by atoms with Gasteiger partial charge in [0.05, 0.1) is 11.0 Å². The second-order valence-electron chi connectivity index (χ2n) is 5.87. The molecule has 0 bridgehead atoms. The molecular weight excluding hydrogens is 367 g/mol. The minimum atomic E-state index is -4.98. The summed E-state index contributed by atoms with van der Waals surface area (Å²) in [5.41, 5.74) is -4.09. The molecule has 1 aromatic carbocycles. The van der Waals surface area contributed by atoms with Crippen LogP contribution in [0.2, 0.25) is 0 Å². The Morgan fingerprint density at radius 1 is 1.21 bits per heavy atom. The molecule has 1 aliphatic heterocycles. The molecule has 0 saturated carbocycles. The zero-order valence-electron chi connectivity index (χ0n) is 13.1. The van der Waals surface area contributed by atoms with Gasteiger partial charge < -0.3 is 0 Å². The van der Waals surface area contributed by atoms with Gasteiger partial charge in [0.2, 0.25) is 10.0 Å². The van der Waals surface area contributed by atoms with E-state index in [2.05, 4.69) is 4.18 Å². The fraction of sp³-hybridized carbons (Fsp3) is 0.571. The van der Waals surface area contributed by atoms with Crippen LogP contribution in [0.4, 0.5) is 13.2 Å². The molecule has 0 radical (unpaired) electrons. The molecular formula is C14H18F3NO4S2. The molecule has 24 heavy (non-hydrogen) atoms. The van der Waals surface area contributed by atoms with Gasteiger partial charge in [-0.2, -0.15) is 17.5 Å². The third-order valence-corrected chi connectivity index (χ3v) is 6.33. The Kier molecular flexibility index (Phi) is 5.73. The van der Waals surface area contributed by atoms with Crippen LogP contribution in [0.5, 0.6) is 0 Å². The fourth-order valence-electron chi connectivity index (χ4n) is 2.55. The third kappa shape index (κ3) is 4.56. The van der Waals surface area contributed by atoms with Crippen LogP contribution in [-0.4, -0.2) is 41.6 Å². The molecule has 0 spiro atoms. The Morgan fingerprint density at radius 2 is 1.79 bits per heavy atom. The van der Waals surface area contributed by atoms with Crippen LogP contribution in [0, 0.1) is 12.8 Å². The molecule has 1 aliphatic rings. The van der Waals surface area contributed by atoms with Crippen LogP contribution < -0.4 is 0 Å². The first-order chi connectivity index (χ1) is 11.0. The second kappa shape index (κ2) is 7.11. The first-order valence-corrected chi connectivity index (χ1v) is 9.74. The molecule has 0 aliphatic carbocycles. The number of rotatable bonds is 4. The van der Waals surface area contributed by atoms with Crippen molar-refractivity contribution in [3.05, 3.63) is 29.8 Å². The van der Waals surface area contributed by atoms with Crippen molar-refractivity contribution in [3.8, 4) is 0 Å². The van der Waals surface area contributed by atoms with Crippen LogP contribution in [0.25, 0.3) is 0 Å². The minimum absolute atomic E-state index is 0.0675. The largest absolute Gasteiger partial charge is 0.497 e. The van der Waals surface area contributed by atoms with Crippen LogP contribution in [0.3, 0.4) is 0 Å². The van der Waals surface area contributed by atoms with E-state index in [1.54, 1.807) is 19.1 Å². The average molecular weight is 385 g/mol. The van der Waals surface area contributed by atoms with Crippen molar-refractivity contribution in [2.24, 2.45) is 5.92 Å². The Labute approximate surface area is 141 Å². The first-order valence-electron chi connectivity index (χ1n) is 7.22. The van der Waals surface area contributed by atoms with E-state index in [1.165, 1.54) is 12.1 Å². The lowest BCUT2D eigenvalue weighted by Crippen LogP contribution is -2.47. The highest BCUT2D eigenvalue weighted by Gasteiger charge is 2.42. The van der Waals surface area contributed by atoms with Crippen molar-refractivity contribution in [1.29, 1.82) is 0 Å². The second-order valence-corrected chi connectivity index (χ2v) is 8.94. The maximum atomic E-state index is 12.6. The van der Waals surface area contributed by atoms with Crippen LogP contribution in [0.1, 0.15) is 18.9 Å². The Hall–Kier alpha value is -0.970. The number of benzene rings is 1. The quantitative estimate of drug-likeness (QED) is 0.799. The van der Waals surface area contributed by atoms with Gasteiger partial charge in [-0.05, 0) is 31.4 Å². The predicted molar refractivity (Wildman–Crippen MR) is 82.8 cm³/mol. The maximum absolute atomic E-state index is 12.6. The third-order valence-electron chi connectivity index (χ3n) is 3.66. The van der Waals surface area contributed by atoms with E-state index in [0.717, 1.165) is 9.87 Å². The highest BCUT2D eigenvalue weighted by atomic mass is 32.2. The number of hydrogen-bond acceptors (Lipinski definition) is 4. The van der Waals surface area contributed by atoms with Crippen LogP contribution >= 0.6 is 0 Å². The van der Waals surface area contributed by atoms with Crippen molar-refractivity contribution in [2.75, 3.05) is 13.1 Å². The zero-order chi connectivity index (χ0) is 18.1. The van der Waals surface area contributed by atoms with Gasteiger partial charge in [0.1, 0.15) is 0 Å². The number of hydrogen-bond donors (Lipinski definition) is 0. The summed E-state index contributed by atoms with van der Waals surface area (Å²) in [5.74, 6) is -0.214. The number of piperidine rings is 1. The summed E-state index contributed by atoms with van der Waals surface area (Å²) < 4.78 is 79.2. The first kappa shape index (κ1) is 19.4. The lowest BCUT2D eigenvalue weighted by molar-refractivity contribution is -0.0519. The molecule has 5 nitrogen and oxygen atoms in total. The van der Waals surface area contributed by atoms with Crippen molar-refractivity contribution in [3.63, 3.8) is 0 Å². The number of alkyl halides is 3. The van der Waals surface area contributed by atoms with Crippen LogP contribution in [0.15, 0.2) is 29.2 Å². The zero-order valence-corrected chi connectivity index (χ0v) is 14.7. The molecule has 1 aromatic rings. The molecule has 0 N–H and O–H groups in total. The summed E-state index contributed by atoms with van der Waals surface area (Å²) in [7, 11) is -3.84. The predicted octanol–water partition coefficient (Wildman–Crippen LogP) is 2.59. The van der Waals surface area contributed by atoms with Crippen molar-refractivity contribution < 1.29 is 30.0 Å². The normalized spacial score (nSPS) is 24.7. The lowest BCUT2D eigenvalue weighted by atomic mass is 10.00. The van der Waals surface area contributed by atoms with Gasteiger partial charge in [0, 0.05) is 13.1 Å². The van der Waals surface area contributed by atoms with Gasteiger partial charge in [-0.1, -0.05) is 24.6 Å². The Balaban J connectivity index is 2.18. The van der Waals surface area contributed by atoms with Gasteiger partial charge in [0.15, 0.2) is 0 Å². The SMILES string of the molecule is Cc1ccc(S(=O)(=O)N2CC(OS(=O)C(F)(F)F)C[C@H](C)C2)cc1. The van der Waals surface area contributed by atoms with E-state index < -0.39 is 32.7 Å². The topological polar surface area (TPSA) is 63.7 Å². The minimum Gasteiger partial charge on any atom is -0.279 e. The molecule has 2 rings (SSSR count). The number of halogens is 3. The molecule has 1 heterocycles. The maximum Gasteiger partial charge on any atom is 0.497 e. The van der Waals surface area contributed by atoms with Gasteiger partial charge in [0.25, 0.3) is 11.1 Å². The summed E-state index contributed by atoms with van der Waals surface area (Å²) >= 11 is -3.46. The number of aryl methyl sites for hydroxylation is 1. The van der Waals surface area contributed by atoms with E-state index in [0.29, 0.717) is 0 Å². The van der Waals surface area contributed by atoms with E-state index in [-0.39, 0.29) is 30.3 Å². The molecule has 10 heteroatoms. The number of sulfonamides is 1. The van der Waals surface area contributed by atoms with Crippen molar-refractivity contribution in [1.82, 2.24) is 4.31 Å². The highest BCUT2D eigenvalue weighted by molar-refractivity contribution is 7.89. The molecule has 1 fully saturated rings. The summed E-state index contributed by atoms with van der Waals surface area (Å²) in [6.07, 6.45) is -0.863. The summed E-state index contributed by atoms with van der Waals surface area (Å²) in [5, 5.41) is 0. The molecule has 2 unspecified atom stereocenters. The highest BCUT2D eigenvalue weighted by Crippen LogP contribution is 2.28. The molecule has 0 aromatic heterocycles. The summed E-state index contributed by atoms with van der Waals surface area (Å²) in [6, 6.07) is 6.20. The molecule has 3 atom stereocenters. The van der Waals surface area contributed by atoms with E-state index in [4.69, 9.17) is 0 Å². The van der Waals surface area contributed by atoms with Gasteiger partial charge >= 0.3 is 5.51 Å². The van der Waals surface area contributed by atoms with E-state index in [1.807, 2.05) is 6.92 Å². The molecule has 0 amide bonds. The average Bonchev–Trinajstić information content (AvgIpc) is 2.46. The monoisotopic (exact) mass is 385 g/mol. The Morgan fingerprint density at radius 3 is 2.33 bits per heavy atom. The van der Waals surface area contributed by atoms with Crippen molar-refractivity contribution >= 4 is 21.1 Å². The standard InChI is InChI=1S/C14H18F3NO4S2/c1-10-3-5-13(6-4-10)24(20,21)18-8-11(2)7-12(9-18)22-23(19)14(15,16)17/h3-6,11-12H,7-9H2,1-2H3/t11-,12?,23?/m0/s1. The van der Waals surface area contributed by atoms with Gasteiger partial charge in [-0.3, -0.25) is 4.18 Å². The molecule has 136 valence electrons. The smallest absolute Gasteiger partial charge is 0.279 e. The summed E-state index contributed by atoms with van der Waals surface area (Å²) in [6.45, 7) is 3.44. The Bertz CT molecular complexity index is 704. The van der Waals surface area contributed by atoms with E-state index >= 15 is 0 Å². The molecule has 1 saturated heterocycles. The number of nitrogens with zero attached hydrogens (tertiary/aromatic N) is 1. The lowest BCUT2D eigenvalue weighted by Gasteiger charge is -2.34. The fourth-order valence-corrected chi connectivity index (χ4v) is 4.64. The summed E-state index contributed by atoms with van der Waals surface area (Å²) in [4.78, 5) is 0.0675. The van der Waals surface area contributed by atoms with Gasteiger partial charge in [-0.15, -0.1) is 0 Å². The van der Waals surface area contributed by atoms with Crippen LogP contribution in [-0.2, 0) is 25.3 Å². The van der Waals surface area contributed by atoms with Crippen molar-refractivity contribution in [2.45, 2.75) is 36.8 Å².